The molecule has 0 saturated carbocycles. The molecule has 70 valence electrons. The molecule has 1 aliphatic heterocycles. The van der Waals surface area contributed by atoms with Gasteiger partial charge in [0.05, 0.1) is 12.6 Å². The van der Waals surface area contributed by atoms with E-state index < -0.39 is 12.2 Å². The van der Waals surface area contributed by atoms with E-state index in [4.69, 9.17) is 14.9 Å². The maximum absolute atomic E-state index is 10.7. The SMILES string of the molecule is CC(CO)C1OC(=O)N[C@@H]1CO. The summed E-state index contributed by atoms with van der Waals surface area (Å²) in [4.78, 5) is 10.7. The van der Waals surface area contributed by atoms with Gasteiger partial charge in [0, 0.05) is 12.5 Å². The third kappa shape index (κ3) is 1.67. The summed E-state index contributed by atoms with van der Waals surface area (Å²) in [5.41, 5.74) is 0. The van der Waals surface area contributed by atoms with Gasteiger partial charge >= 0.3 is 6.09 Å². The van der Waals surface area contributed by atoms with E-state index in [0.717, 1.165) is 0 Å². The summed E-state index contributed by atoms with van der Waals surface area (Å²) in [6.07, 6.45) is -0.952. The van der Waals surface area contributed by atoms with Crippen molar-refractivity contribution in [1.82, 2.24) is 5.32 Å². The maximum Gasteiger partial charge on any atom is 0.407 e. The lowest BCUT2D eigenvalue weighted by molar-refractivity contribution is 0.0574. The summed E-state index contributed by atoms with van der Waals surface area (Å²) in [6.45, 7) is 1.53. The molecule has 0 aromatic carbocycles. The third-order valence-corrected chi connectivity index (χ3v) is 1.99. The van der Waals surface area contributed by atoms with Crippen LogP contribution in [0.25, 0.3) is 0 Å². The van der Waals surface area contributed by atoms with Gasteiger partial charge in [-0.15, -0.1) is 0 Å². The van der Waals surface area contributed by atoms with Gasteiger partial charge in [0.1, 0.15) is 6.10 Å². The first kappa shape index (κ1) is 9.28. The van der Waals surface area contributed by atoms with Crippen LogP contribution in [-0.2, 0) is 4.74 Å². The molecule has 0 aromatic rings. The number of amides is 1. The largest absolute Gasteiger partial charge is 0.444 e. The molecular formula is C7H13NO4. The molecule has 5 nitrogen and oxygen atoms in total. The van der Waals surface area contributed by atoms with E-state index in [2.05, 4.69) is 5.32 Å². The quantitative estimate of drug-likeness (QED) is 0.518. The van der Waals surface area contributed by atoms with Gasteiger partial charge in [0.15, 0.2) is 0 Å². The lowest BCUT2D eigenvalue weighted by atomic mass is 10.00. The molecule has 1 rings (SSSR count). The zero-order valence-electron chi connectivity index (χ0n) is 6.86. The minimum atomic E-state index is -0.528. The Kier molecular flexibility index (Phi) is 2.88. The molecule has 1 amide bonds. The molecular weight excluding hydrogens is 162 g/mol. The predicted octanol–water partition coefficient (Wildman–Crippen LogP) is -0.916. The Morgan fingerprint density at radius 1 is 1.67 bits per heavy atom. The van der Waals surface area contributed by atoms with Crippen LogP contribution in [-0.4, -0.2) is 41.7 Å². The Morgan fingerprint density at radius 2 is 2.33 bits per heavy atom. The number of carbonyl (C=O) groups excluding carboxylic acids is 1. The molecule has 1 heterocycles. The number of nitrogens with one attached hydrogen (secondary N) is 1. The van der Waals surface area contributed by atoms with Crippen molar-refractivity contribution >= 4 is 6.09 Å². The minimum Gasteiger partial charge on any atom is -0.444 e. The first-order valence-electron chi connectivity index (χ1n) is 3.88. The Bertz CT molecular complexity index is 173. The van der Waals surface area contributed by atoms with Crippen LogP contribution < -0.4 is 5.32 Å². The molecule has 0 aliphatic carbocycles. The van der Waals surface area contributed by atoms with Crippen LogP contribution in [0.1, 0.15) is 6.92 Å². The van der Waals surface area contributed by atoms with E-state index in [-0.39, 0.29) is 25.2 Å². The number of carbonyl (C=O) groups is 1. The molecule has 0 radical (unpaired) electrons. The number of alkyl carbamates (subject to hydrolysis) is 1. The van der Waals surface area contributed by atoms with Crippen molar-refractivity contribution < 1.29 is 19.7 Å². The Labute approximate surface area is 70.3 Å². The number of cyclic esters (lactones) is 1. The van der Waals surface area contributed by atoms with Crippen molar-refractivity contribution in [2.75, 3.05) is 13.2 Å². The molecule has 3 atom stereocenters. The van der Waals surface area contributed by atoms with Crippen molar-refractivity contribution in [3.8, 4) is 0 Å². The highest BCUT2D eigenvalue weighted by Gasteiger charge is 2.36. The number of aliphatic hydroxyl groups excluding tert-OH is 2. The van der Waals surface area contributed by atoms with E-state index in [0.29, 0.717) is 0 Å². The average Bonchev–Trinajstić information content (AvgIpc) is 2.45. The number of hydrogen-bond donors (Lipinski definition) is 3. The second-order valence-electron chi connectivity index (χ2n) is 2.96. The fourth-order valence-corrected chi connectivity index (χ4v) is 1.24. The van der Waals surface area contributed by atoms with Crippen LogP contribution in [0.15, 0.2) is 0 Å². The van der Waals surface area contributed by atoms with Gasteiger partial charge in [0.25, 0.3) is 0 Å². The molecule has 1 saturated heterocycles. The zero-order valence-corrected chi connectivity index (χ0v) is 6.86. The van der Waals surface area contributed by atoms with Gasteiger partial charge in [0.2, 0.25) is 0 Å². The van der Waals surface area contributed by atoms with Crippen molar-refractivity contribution in [1.29, 1.82) is 0 Å². The number of rotatable bonds is 3. The van der Waals surface area contributed by atoms with E-state index in [1.54, 1.807) is 6.92 Å². The van der Waals surface area contributed by atoms with E-state index >= 15 is 0 Å². The number of hydrogen-bond acceptors (Lipinski definition) is 4. The molecule has 0 aromatic heterocycles. The van der Waals surface area contributed by atoms with Crippen LogP contribution in [0, 0.1) is 5.92 Å². The van der Waals surface area contributed by atoms with E-state index in [1.807, 2.05) is 0 Å². The van der Waals surface area contributed by atoms with Gasteiger partial charge in [-0.1, -0.05) is 6.92 Å². The Balaban J connectivity index is 2.56. The fourth-order valence-electron chi connectivity index (χ4n) is 1.24. The van der Waals surface area contributed by atoms with E-state index in [1.165, 1.54) is 0 Å². The highest BCUT2D eigenvalue weighted by Crippen LogP contribution is 2.16. The Hall–Kier alpha value is -0.810. The second-order valence-corrected chi connectivity index (χ2v) is 2.96. The molecule has 0 bridgehead atoms. The molecule has 3 N–H and O–H groups in total. The van der Waals surface area contributed by atoms with Crippen LogP contribution in [0.3, 0.4) is 0 Å². The summed E-state index contributed by atoms with van der Waals surface area (Å²) < 4.78 is 4.85. The zero-order chi connectivity index (χ0) is 9.14. The second kappa shape index (κ2) is 3.73. The fraction of sp³-hybridized carbons (Fsp3) is 0.857. The standard InChI is InChI=1S/C7H13NO4/c1-4(2-9)6-5(3-10)8-7(11)12-6/h4-6,9-10H,2-3H2,1H3,(H,8,11)/t4?,5-,6?/m1/s1. The molecule has 1 fully saturated rings. The predicted molar refractivity (Wildman–Crippen MR) is 40.5 cm³/mol. The van der Waals surface area contributed by atoms with Crippen molar-refractivity contribution in [2.24, 2.45) is 5.92 Å². The van der Waals surface area contributed by atoms with Crippen molar-refractivity contribution in [3.63, 3.8) is 0 Å². The highest BCUT2D eigenvalue weighted by molar-refractivity contribution is 5.70. The minimum absolute atomic E-state index is 0.0594. The summed E-state index contributed by atoms with van der Waals surface area (Å²) in [5.74, 6) is -0.152. The van der Waals surface area contributed by atoms with Crippen LogP contribution >= 0.6 is 0 Å². The van der Waals surface area contributed by atoms with Gasteiger partial charge in [-0.3, -0.25) is 0 Å². The van der Waals surface area contributed by atoms with Gasteiger partial charge < -0.3 is 20.3 Å². The molecule has 1 aliphatic rings. The highest BCUT2D eigenvalue weighted by atomic mass is 16.6. The van der Waals surface area contributed by atoms with Crippen LogP contribution in [0.2, 0.25) is 0 Å². The third-order valence-electron chi connectivity index (χ3n) is 1.99. The topological polar surface area (TPSA) is 78.8 Å². The lowest BCUT2D eigenvalue weighted by Crippen LogP contribution is -2.39. The van der Waals surface area contributed by atoms with Crippen molar-refractivity contribution in [2.45, 2.75) is 19.1 Å². The number of ether oxygens (including phenoxy) is 1. The Morgan fingerprint density at radius 3 is 2.83 bits per heavy atom. The molecule has 12 heavy (non-hydrogen) atoms. The first-order chi connectivity index (χ1) is 5.69. The normalized spacial score (nSPS) is 31.1. The molecule has 2 unspecified atom stereocenters. The van der Waals surface area contributed by atoms with E-state index in [9.17, 15) is 4.79 Å². The van der Waals surface area contributed by atoms with Gasteiger partial charge in [-0.25, -0.2) is 4.79 Å². The summed E-state index contributed by atoms with van der Waals surface area (Å²) in [5, 5.41) is 20.1. The summed E-state index contributed by atoms with van der Waals surface area (Å²) in [6, 6.07) is -0.389. The van der Waals surface area contributed by atoms with Crippen LogP contribution in [0.4, 0.5) is 4.79 Å². The smallest absolute Gasteiger partial charge is 0.407 e. The summed E-state index contributed by atoms with van der Waals surface area (Å²) >= 11 is 0. The monoisotopic (exact) mass is 175 g/mol. The number of aliphatic hydroxyl groups is 2. The maximum atomic E-state index is 10.7. The van der Waals surface area contributed by atoms with Gasteiger partial charge in [-0.05, 0) is 0 Å². The van der Waals surface area contributed by atoms with Crippen LogP contribution in [0.5, 0.6) is 0 Å². The first-order valence-corrected chi connectivity index (χ1v) is 3.88. The lowest BCUT2D eigenvalue weighted by Gasteiger charge is -2.19. The summed E-state index contributed by atoms with van der Waals surface area (Å²) in [7, 11) is 0. The average molecular weight is 175 g/mol. The molecule has 0 spiro atoms. The molecule has 5 heteroatoms. The van der Waals surface area contributed by atoms with Gasteiger partial charge in [-0.2, -0.15) is 0 Å². The van der Waals surface area contributed by atoms with Crippen molar-refractivity contribution in [3.05, 3.63) is 0 Å².